The minimum absolute atomic E-state index is 0.0576. The van der Waals surface area contributed by atoms with Gasteiger partial charge >= 0.3 is 5.97 Å². The normalized spacial score (nSPS) is 17.1. The minimum atomic E-state index is -0.927. The maximum absolute atomic E-state index is 10.8. The first-order valence-corrected chi connectivity index (χ1v) is 7.50. The molecule has 1 heterocycles. The number of benzene rings is 2. The van der Waals surface area contributed by atoms with Crippen molar-refractivity contribution in [3.05, 3.63) is 48.0 Å². The van der Waals surface area contributed by atoms with Crippen LogP contribution in [0.5, 0.6) is 11.5 Å². The van der Waals surface area contributed by atoms with Crippen LogP contribution < -0.4 is 4.74 Å². The largest absolute Gasteiger partial charge is 0.508 e. The predicted octanol–water partition coefficient (Wildman–Crippen LogP) is 2.85. The van der Waals surface area contributed by atoms with Crippen molar-refractivity contribution in [2.45, 2.75) is 18.9 Å². The molecule has 0 amide bonds. The van der Waals surface area contributed by atoms with Crippen molar-refractivity contribution in [1.82, 2.24) is 0 Å². The second kappa shape index (κ2) is 6.71. The molecule has 2 aromatic carbocycles. The van der Waals surface area contributed by atoms with Crippen LogP contribution in [-0.4, -0.2) is 35.5 Å². The Bertz CT molecular complexity index is 687. The maximum Gasteiger partial charge on any atom is 0.307 e. The van der Waals surface area contributed by atoms with Gasteiger partial charge in [0.05, 0.1) is 19.6 Å². The minimum Gasteiger partial charge on any atom is -0.508 e. The van der Waals surface area contributed by atoms with Gasteiger partial charge in [-0.1, -0.05) is 18.2 Å². The van der Waals surface area contributed by atoms with E-state index in [2.05, 4.69) is 0 Å². The Hall–Kier alpha value is -2.53. The van der Waals surface area contributed by atoms with Gasteiger partial charge in [-0.2, -0.15) is 0 Å². The average molecular weight is 314 g/mol. The van der Waals surface area contributed by atoms with Gasteiger partial charge in [0.2, 0.25) is 0 Å². The fourth-order valence-corrected chi connectivity index (χ4v) is 2.64. The van der Waals surface area contributed by atoms with E-state index in [1.807, 2.05) is 24.3 Å². The van der Waals surface area contributed by atoms with E-state index in [0.717, 1.165) is 29.9 Å². The molecule has 2 N–H and O–H groups in total. The van der Waals surface area contributed by atoms with E-state index in [9.17, 15) is 9.90 Å². The zero-order valence-electron chi connectivity index (χ0n) is 12.6. The van der Waals surface area contributed by atoms with Gasteiger partial charge in [-0.25, -0.2) is 0 Å². The summed E-state index contributed by atoms with van der Waals surface area (Å²) < 4.78 is 11.1. The Kier molecular flexibility index (Phi) is 4.48. The first kappa shape index (κ1) is 15.4. The summed E-state index contributed by atoms with van der Waals surface area (Å²) in [6.07, 6.45) is 0.876. The third kappa shape index (κ3) is 4.02. The number of aliphatic carboxylic acids is 1. The Labute approximate surface area is 134 Å². The molecule has 0 radical (unpaired) electrons. The number of carboxylic acids is 1. The molecule has 3 rings (SSSR count). The predicted molar refractivity (Wildman–Crippen MR) is 84.7 cm³/mol. The molecule has 120 valence electrons. The first-order chi connectivity index (χ1) is 11.1. The standard InChI is InChI=1S/C18H18O5/c19-15-8-12(9-18(20)21)7-14(10-15)13-1-3-16(4-2-13)23-17-5-6-22-11-17/h1-4,7-8,10,17,19H,5-6,9,11H2,(H,20,21). The van der Waals surface area contributed by atoms with Crippen molar-refractivity contribution in [2.24, 2.45) is 0 Å². The average Bonchev–Trinajstić information content (AvgIpc) is 2.99. The number of phenols is 1. The summed E-state index contributed by atoms with van der Waals surface area (Å²) in [6, 6.07) is 12.4. The monoisotopic (exact) mass is 314 g/mol. The summed E-state index contributed by atoms with van der Waals surface area (Å²) in [4.78, 5) is 10.8. The lowest BCUT2D eigenvalue weighted by Gasteiger charge is -2.12. The number of aromatic hydroxyl groups is 1. The SMILES string of the molecule is O=C(O)Cc1cc(O)cc(-c2ccc(OC3CCOC3)cc2)c1. The zero-order valence-corrected chi connectivity index (χ0v) is 12.6. The van der Waals surface area contributed by atoms with E-state index in [4.69, 9.17) is 14.6 Å². The van der Waals surface area contributed by atoms with Crippen LogP contribution in [0.3, 0.4) is 0 Å². The molecule has 0 saturated carbocycles. The summed E-state index contributed by atoms with van der Waals surface area (Å²) in [5, 5.41) is 18.7. The van der Waals surface area contributed by atoms with E-state index in [0.29, 0.717) is 12.2 Å². The van der Waals surface area contributed by atoms with Crippen molar-refractivity contribution < 1.29 is 24.5 Å². The molecule has 5 nitrogen and oxygen atoms in total. The summed E-state index contributed by atoms with van der Waals surface area (Å²) in [6.45, 7) is 1.35. The number of ether oxygens (including phenoxy) is 2. The number of rotatable bonds is 5. The van der Waals surface area contributed by atoms with Gasteiger partial charge in [0.1, 0.15) is 17.6 Å². The fourth-order valence-electron chi connectivity index (χ4n) is 2.64. The number of hydrogen-bond acceptors (Lipinski definition) is 4. The second-order valence-electron chi connectivity index (χ2n) is 5.59. The van der Waals surface area contributed by atoms with Gasteiger partial charge < -0.3 is 19.7 Å². The maximum atomic E-state index is 10.8. The highest BCUT2D eigenvalue weighted by Gasteiger charge is 2.17. The fraction of sp³-hybridized carbons (Fsp3) is 0.278. The third-order valence-electron chi connectivity index (χ3n) is 3.71. The van der Waals surface area contributed by atoms with Gasteiger partial charge in [0.25, 0.3) is 0 Å². The highest BCUT2D eigenvalue weighted by Crippen LogP contribution is 2.28. The Balaban J connectivity index is 1.78. The van der Waals surface area contributed by atoms with Crippen LogP contribution >= 0.6 is 0 Å². The van der Waals surface area contributed by atoms with Crippen LogP contribution in [0.15, 0.2) is 42.5 Å². The van der Waals surface area contributed by atoms with Crippen molar-refractivity contribution in [3.63, 3.8) is 0 Å². The molecule has 2 aromatic rings. The zero-order chi connectivity index (χ0) is 16.2. The van der Waals surface area contributed by atoms with Crippen molar-refractivity contribution in [2.75, 3.05) is 13.2 Å². The summed E-state index contributed by atoms with van der Waals surface area (Å²) in [5.41, 5.74) is 2.23. The van der Waals surface area contributed by atoms with Crippen LogP contribution in [0, 0.1) is 0 Å². The quantitative estimate of drug-likeness (QED) is 0.887. The number of hydrogen-bond donors (Lipinski definition) is 2. The van der Waals surface area contributed by atoms with Gasteiger partial charge in [0, 0.05) is 6.42 Å². The highest BCUT2D eigenvalue weighted by molar-refractivity contribution is 5.73. The van der Waals surface area contributed by atoms with E-state index >= 15 is 0 Å². The molecule has 23 heavy (non-hydrogen) atoms. The molecule has 0 spiro atoms. The van der Waals surface area contributed by atoms with Gasteiger partial charge in [0.15, 0.2) is 0 Å². The molecule has 1 saturated heterocycles. The van der Waals surface area contributed by atoms with Crippen LogP contribution in [0.4, 0.5) is 0 Å². The van der Waals surface area contributed by atoms with Crippen LogP contribution in [-0.2, 0) is 16.0 Å². The lowest BCUT2D eigenvalue weighted by Crippen LogP contribution is -2.15. The lowest BCUT2D eigenvalue weighted by atomic mass is 10.0. The molecule has 0 bridgehead atoms. The molecule has 0 aromatic heterocycles. The Morgan fingerprint density at radius 1 is 1.17 bits per heavy atom. The van der Waals surface area contributed by atoms with E-state index in [1.54, 1.807) is 12.1 Å². The Morgan fingerprint density at radius 2 is 1.96 bits per heavy atom. The molecule has 1 fully saturated rings. The molecule has 1 aliphatic rings. The van der Waals surface area contributed by atoms with Crippen LogP contribution in [0.25, 0.3) is 11.1 Å². The number of carboxylic acid groups (broad SMARTS) is 1. The van der Waals surface area contributed by atoms with Gasteiger partial charge in [-0.05, 0) is 41.0 Å². The summed E-state index contributed by atoms with van der Waals surface area (Å²) >= 11 is 0. The molecule has 1 aliphatic heterocycles. The van der Waals surface area contributed by atoms with E-state index in [-0.39, 0.29) is 18.3 Å². The third-order valence-corrected chi connectivity index (χ3v) is 3.71. The summed E-state index contributed by atoms with van der Waals surface area (Å²) in [5.74, 6) is -0.0959. The van der Waals surface area contributed by atoms with Gasteiger partial charge in [-0.15, -0.1) is 0 Å². The molecule has 5 heteroatoms. The van der Waals surface area contributed by atoms with Crippen LogP contribution in [0.1, 0.15) is 12.0 Å². The first-order valence-electron chi connectivity index (χ1n) is 7.50. The lowest BCUT2D eigenvalue weighted by molar-refractivity contribution is -0.136. The van der Waals surface area contributed by atoms with Crippen molar-refractivity contribution in [3.8, 4) is 22.6 Å². The Morgan fingerprint density at radius 3 is 2.61 bits per heavy atom. The van der Waals surface area contributed by atoms with E-state index < -0.39 is 5.97 Å². The molecular formula is C18H18O5. The molecular weight excluding hydrogens is 296 g/mol. The highest BCUT2D eigenvalue weighted by atomic mass is 16.5. The van der Waals surface area contributed by atoms with E-state index in [1.165, 1.54) is 6.07 Å². The number of carbonyl (C=O) groups is 1. The molecule has 1 atom stereocenters. The van der Waals surface area contributed by atoms with Crippen molar-refractivity contribution >= 4 is 5.97 Å². The second-order valence-corrected chi connectivity index (χ2v) is 5.59. The summed E-state index contributed by atoms with van der Waals surface area (Å²) in [7, 11) is 0. The molecule has 0 aliphatic carbocycles. The van der Waals surface area contributed by atoms with Gasteiger partial charge in [-0.3, -0.25) is 4.79 Å². The van der Waals surface area contributed by atoms with Crippen molar-refractivity contribution in [1.29, 1.82) is 0 Å². The molecule has 1 unspecified atom stereocenters. The number of phenolic OH excluding ortho intramolecular Hbond substituents is 1. The topological polar surface area (TPSA) is 76.0 Å². The smallest absolute Gasteiger partial charge is 0.307 e. The van der Waals surface area contributed by atoms with Crippen LogP contribution in [0.2, 0.25) is 0 Å².